The average molecular weight is 414 g/mol. The maximum Gasteiger partial charge on any atom is 0.308 e. The molecule has 1 saturated heterocycles. The van der Waals surface area contributed by atoms with Crippen molar-refractivity contribution in [1.82, 2.24) is 9.47 Å². The Kier molecular flexibility index (Phi) is 5.78. The van der Waals surface area contributed by atoms with Gasteiger partial charge in [0.1, 0.15) is 5.82 Å². The quantitative estimate of drug-likeness (QED) is 0.686. The minimum absolute atomic E-state index is 0.00965. The normalized spacial score (nSPS) is 17.5. The van der Waals surface area contributed by atoms with Crippen LogP contribution in [-0.2, 0) is 17.9 Å². The summed E-state index contributed by atoms with van der Waals surface area (Å²) in [6.07, 6.45) is 1.81. The molecule has 2 heterocycles. The van der Waals surface area contributed by atoms with Crippen molar-refractivity contribution in [2.75, 3.05) is 18.4 Å². The summed E-state index contributed by atoms with van der Waals surface area (Å²) < 4.78 is 15.7. The van der Waals surface area contributed by atoms with Gasteiger partial charge in [0.25, 0.3) is 0 Å². The molecule has 0 radical (unpaired) electrons. The highest BCUT2D eigenvalue weighted by Crippen LogP contribution is 2.24. The van der Waals surface area contributed by atoms with Gasteiger partial charge < -0.3 is 5.32 Å². The summed E-state index contributed by atoms with van der Waals surface area (Å²) in [4.78, 5) is 27.1. The zero-order chi connectivity index (χ0) is 20.4. The van der Waals surface area contributed by atoms with Gasteiger partial charge in [0.15, 0.2) is 0 Å². The van der Waals surface area contributed by atoms with E-state index in [1.807, 2.05) is 25.1 Å². The Morgan fingerprint density at radius 2 is 2.03 bits per heavy atom. The predicted octanol–water partition coefficient (Wildman–Crippen LogP) is 4.07. The lowest BCUT2D eigenvalue weighted by Crippen LogP contribution is -2.40. The van der Waals surface area contributed by atoms with Crippen molar-refractivity contribution < 1.29 is 9.18 Å². The molecule has 0 unspecified atom stereocenters. The van der Waals surface area contributed by atoms with E-state index in [-0.39, 0.29) is 22.5 Å². The number of aryl methyl sites for hydroxylation is 1. The van der Waals surface area contributed by atoms with Crippen LogP contribution in [0.5, 0.6) is 0 Å². The maximum atomic E-state index is 13.1. The van der Waals surface area contributed by atoms with Gasteiger partial charge in [-0.1, -0.05) is 23.5 Å². The lowest BCUT2D eigenvalue weighted by molar-refractivity contribution is -0.121. The number of carbonyl (C=O) groups is 1. The third-order valence-corrected chi connectivity index (χ3v) is 6.39. The van der Waals surface area contributed by atoms with E-state index in [1.54, 1.807) is 16.7 Å². The van der Waals surface area contributed by atoms with E-state index >= 15 is 0 Å². The van der Waals surface area contributed by atoms with Crippen LogP contribution in [0.2, 0.25) is 0 Å². The molecule has 1 aliphatic heterocycles. The number of hydrogen-bond acceptors (Lipinski definition) is 4. The molecule has 7 heteroatoms. The summed E-state index contributed by atoms with van der Waals surface area (Å²) in [5.74, 6) is -0.310. The monoisotopic (exact) mass is 413 g/mol. The number of aromatic nitrogens is 1. The fraction of sp³-hybridized carbons (Fsp3) is 0.364. The van der Waals surface area contributed by atoms with Crippen LogP contribution in [0, 0.1) is 11.7 Å². The maximum absolute atomic E-state index is 13.1. The van der Waals surface area contributed by atoms with Gasteiger partial charge in [-0.2, -0.15) is 0 Å². The molecule has 1 aliphatic rings. The molecule has 1 aromatic heterocycles. The van der Waals surface area contributed by atoms with Crippen molar-refractivity contribution >= 4 is 33.1 Å². The second-order valence-corrected chi connectivity index (χ2v) is 8.48. The number of anilines is 1. The third kappa shape index (κ3) is 4.41. The fourth-order valence-corrected chi connectivity index (χ4v) is 4.94. The molecule has 1 N–H and O–H groups in total. The molecule has 1 atom stereocenters. The predicted molar refractivity (Wildman–Crippen MR) is 115 cm³/mol. The number of rotatable bonds is 5. The van der Waals surface area contributed by atoms with Crippen LogP contribution in [0.15, 0.2) is 47.3 Å². The van der Waals surface area contributed by atoms with Gasteiger partial charge in [0.05, 0.1) is 16.1 Å². The Bertz CT molecular complexity index is 1070. The van der Waals surface area contributed by atoms with Crippen molar-refractivity contribution in [3.8, 4) is 0 Å². The molecule has 0 saturated carbocycles. The number of benzene rings is 2. The first-order valence-corrected chi connectivity index (χ1v) is 10.8. The molecule has 3 aromatic rings. The molecule has 0 aliphatic carbocycles. The van der Waals surface area contributed by atoms with Crippen LogP contribution in [-0.4, -0.2) is 28.5 Å². The van der Waals surface area contributed by atoms with Crippen molar-refractivity contribution in [3.05, 3.63) is 63.5 Å². The Morgan fingerprint density at radius 1 is 1.24 bits per heavy atom. The Balaban J connectivity index is 1.41. The van der Waals surface area contributed by atoms with Crippen LogP contribution < -0.4 is 10.2 Å². The lowest BCUT2D eigenvalue weighted by atomic mass is 9.96. The van der Waals surface area contributed by atoms with Gasteiger partial charge in [0.2, 0.25) is 5.91 Å². The van der Waals surface area contributed by atoms with Crippen LogP contribution >= 0.6 is 11.3 Å². The van der Waals surface area contributed by atoms with Crippen molar-refractivity contribution in [3.63, 3.8) is 0 Å². The summed E-state index contributed by atoms with van der Waals surface area (Å²) in [6, 6.07) is 12.2. The molecule has 0 bridgehead atoms. The van der Waals surface area contributed by atoms with E-state index in [0.717, 1.165) is 40.9 Å². The topological polar surface area (TPSA) is 54.3 Å². The third-order valence-electron chi connectivity index (χ3n) is 5.45. The van der Waals surface area contributed by atoms with E-state index in [0.29, 0.717) is 19.6 Å². The van der Waals surface area contributed by atoms with Crippen LogP contribution in [0.1, 0.15) is 25.3 Å². The van der Waals surface area contributed by atoms with E-state index in [4.69, 9.17) is 0 Å². The summed E-state index contributed by atoms with van der Waals surface area (Å²) in [6.45, 7) is 4.92. The largest absolute Gasteiger partial charge is 0.326 e. The van der Waals surface area contributed by atoms with E-state index in [1.165, 1.54) is 23.5 Å². The molecule has 2 aromatic carbocycles. The molecular formula is C22H24FN3O2S. The second kappa shape index (κ2) is 8.47. The number of likely N-dealkylation sites (tertiary alicyclic amines) is 1. The minimum atomic E-state index is -0.235. The van der Waals surface area contributed by atoms with Crippen molar-refractivity contribution in [1.29, 1.82) is 0 Å². The number of amides is 1. The molecular weight excluding hydrogens is 389 g/mol. The van der Waals surface area contributed by atoms with Gasteiger partial charge in [-0.25, -0.2) is 4.39 Å². The number of hydrogen-bond donors (Lipinski definition) is 1. The van der Waals surface area contributed by atoms with Crippen molar-refractivity contribution in [2.24, 2.45) is 5.92 Å². The number of fused-ring (bicyclic) bond motifs is 1. The molecule has 29 heavy (non-hydrogen) atoms. The SMILES string of the molecule is CCn1c(=O)sc2cc(NC(=O)[C@H]3CCCN(Cc4ccc(F)cc4)C3)ccc21. The number of carbonyl (C=O) groups excluding carboxylic acids is 1. The first kappa shape index (κ1) is 19.8. The zero-order valence-electron chi connectivity index (χ0n) is 16.4. The lowest BCUT2D eigenvalue weighted by Gasteiger charge is -2.32. The molecule has 1 amide bonds. The van der Waals surface area contributed by atoms with Crippen molar-refractivity contribution in [2.45, 2.75) is 32.9 Å². The smallest absolute Gasteiger partial charge is 0.308 e. The number of thiazole rings is 1. The van der Waals surface area contributed by atoms with E-state index in [2.05, 4.69) is 10.2 Å². The standard InChI is InChI=1S/C22H24FN3O2S/c1-2-26-19-10-9-18(12-20(19)29-22(26)28)24-21(27)16-4-3-11-25(14-16)13-15-5-7-17(23)8-6-15/h5-10,12,16H,2-4,11,13-14H2,1H3,(H,24,27)/t16-/m0/s1. The van der Waals surface area contributed by atoms with Crippen LogP contribution in [0.4, 0.5) is 10.1 Å². The Labute approximate surface area is 172 Å². The molecule has 4 rings (SSSR count). The molecule has 5 nitrogen and oxygen atoms in total. The number of halogens is 1. The van der Waals surface area contributed by atoms with Crippen LogP contribution in [0.3, 0.4) is 0 Å². The van der Waals surface area contributed by atoms with Gasteiger partial charge >= 0.3 is 4.87 Å². The number of nitrogens with zero attached hydrogens (tertiary/aromatic N) is 2. The number of piperidine rings is 1. The summed E-state index contributed by atoms with van der Waals surface area (Å²) in [5, 5.41) is 3.02. The van der Waals surface area contributed by atoms with Gasteiger partial charge in [-0.3, -0.25) is 19.1 Å². The summed E-state index contributed by atoms with van der Waals surface area (Å²) in [7, 11) is 0. The summed E-state index contributed by atoms with van der Waals surface area (Å²) in [5.41, 5.74) is 2.68. The average Bonchev–Trinajstić information content (AvgIpc) is 3.04. The molecule has 152 valence electrons. The first-order chi connectivity index (χ1) is 14.0. The fourth-order valence-electron chi connectivity index (χ4n) is 3.95. The van der Waals surface area contributed by atoms with Gasteiger partial charge in [-0.05, 0) is 62.2 Å². The van der Waals surface area contributed by atoms with Gasteiger partial charge in [0, 0.05) is 25.3 Å². The van der Waals surface area contributed by atoms with E-state index < -0.39 is 0 Å². The highest BCUT2D eigenvalue weighted by atomic mass is 32.1. The Morgan fingerprint density at radius 3 is 2.79 bits per heavy atom. The highest BCUT2D eigenvalue weighted by Gasteiger charge is 2.26. The van der Waals surface area contributed by atoms with Gasteiger partial charge in [-0.15, -0.1) is 0 Å². The Hall–Kier alpha value is -2.51. The highest BCUT2D eigenvalue weighted by molar-refractivity contribution is 7.16. The molecule has 0 spiro atoms. The summed E-state index contributed by atoms with van der Waals surface area (Å²) >= 11 is 1.20. The first-order valence-electron chi connectivity index (χ1n) is 9.94. The molecule has 1 fully saturated rings. The zero-order valence-corrected chi connectivity index (χ0v) is 17.2. The van der Waals surface area contributed by atoms with Crippen LogP contribution in [0.25, 0.3) is 10.2 Å². The van der Waals surface area contributed by atoms with E-state index in [9.17, 15) is 14.0 Å². The second-order valence-electron chi connectivity index (χ2n) is 7.48. The number of nitrogens with one attached hydrogen (secondary N) is 1. The minimum Gasteiger partial charge on any atom is -0.326 e.